The third-order valence-electron chi connectivity index (χ3n) is 5.47. The molecule has 6 heteroatoms. The molecule has 2 aliphatic rings. The molecule has 0 aliphatic carbocycles. The number of hydrogen-bond donors (Lipinski definition) is 1. The molecule has 0 atom stereocenters. The molecule has 0 saturated carbocycles. The third-order valence-corrected chi connectivity index (χ3v) is 6.88. The zero-order chi connectivity index (χ0) is 20.2. The van der Waals surface area contributed by atoms with E-state index in [1.54, 1.807) is 11.8 Å². The van der Waals surface area contributed by atoms with E-state index in [0.29, 0.717) is 0 Å². The molecule has 2 aromatic carbocycles. The summed E-state index contributed by atoms with van der Waals surface area (Å²) >= 11 is 8.08. The van der Waals surface area contributed by atoms with E-state index in [1.807, 2.05) is 6.07 Å². The predicted octanol–water partition coefficient (Wildman–Crippen LogP) is 5.18. The molecule has 0 aromatic heterocycles. The van der Waals surface area contributed by atoms with Crippen molar-refractivity contribution in [3.05, 3.63) is 58.6 Å². The lowest BCUT2D eigenvalue weighted by molar-refractivity contribution is -0.137. The number of halogens is 1. The lowest BCUT2D eigenvalue weighted by Gasteiger charge is -2.37. The van der Waals surface area contributed by atoms with Gasteiger partial charge >= 0.3 is 5.97 Å². The summed E-state index contributed by atoms with van der Waals surface area (Å²) in [4.78, 5) is 18.1. The van der Waals surface area contributed by atoms with E-state index in [0.717, 1.165) is 50.6 Å². The van der Waals surface area contributed by atoms with E-state index in [9.17, 15) is 4.79 Å². The van der Waals surface area contributed by atoms with Crippen molar-refractivity contribution in [1.29, 1.82) is 0 Å². The number of benzene rings is 2. The molecular formula is C23H25ClN2O2S. The second-order valence-electron chi connectivity index (χ2n) is 7.49. The first-order valence-electron chi connectivity index (χ1n) is 10.1. The van der Waals surface area contributed by atoms with Crippen LogP contribution in [0.5, 0.6) is 0 Å². The van der Waals surface area contributed by atoms with Crippen molar-refractivity contribution in [1.82, 2.24) is 9.80 Å². The standard InChI is InChI=1S/C23H25ClN2O2S/c24-18-8-9-21-17(15-18)16-20(19-5-1-2-6-22(19)29-21)26-13-11-25(12-14-26)10-4-3-7-23(27)28/h1-2,5-6,8-9,15-16H,3-4,7,10-14H2,(H,27,28). The molecule has 0 unspecified atom stereocenters. The second-order valence-corrected chi connectivity index (χ2v) is 9.01. The van der Waals surface area contributed by atoms with Gasteiger partial charge in [-0.2, -0.15) is 0 Å². The van der Waals surface area contributed by atoms with Crippen LogP contribution in [0.3, 0.4) is 0 Å². The molecule has 4 rings (SSSR count). The molecule has 152 valence electrons. The van der Waals surface area contributed by atoms with Crippen LogP contribution in [0.1, 0.15) is 30.4 Å². The number of hydrogen-bond acceptors (Lipinski definition) is 4. The number of unbranched alkanes of at least 4 members (excludes halogenated alkanes) is 1. The van der Waals surface area contributed by atoms with Crippen LogP contribution in [-0.4, -0.2) is 53.6 Å². The summed E-state index contributed by atoms with van der Waals surface area (Å²) < 4.78 is 0. The monoisotopic (exact) mass is 428 g/mol. The van der Waals surface area contributed by atoms with Crippen molar-refractivity contribution in [3.63, 3.8) is 0 Å². The summed E-state index contributed by atoms with van der Waals surface area (Å²) in [7, 11) is 0. The highest BCUT2D eigenvalue weighted by Crippen LogP contribution is 2.42. The van der Waals surface area contributed by atoms with E-state index < -0.39 is 5.97 Å². The van der Waals surface area contributed by atoms with E-state index in [-0.39, 0.29) is 6.42 Å². The van der Waals surface area contributed by atoms with Crippen LogP contribution in [0.15, 0.2) is 52.3 Å². The fraction of sp³-hybridized carbons (Fsp3) is 0.348. The first-order chi connectivity index (χ1) is 14.1. The minimum atomic E-state index is -0.702. The van der Waals surface area contributed by atoms with Gasteiger partial charge in [-0.25, -0.2) is 0 Å². The van der Waals surface area contributed by atoms with Gasteiger partial charge in [-0.3, -0.25) is 9.69 Å². The van der Waals surface area contributed by atoms with Gasteiger partial charge in [0.15, 0.2) is 0 Å². The molecular weight excluding hydrogens is 404 g/mol. The van der Waals surface area contributed by atoms with Gasteiger partial charge in [0.2, 0.25) is 0 Å². The number of carboxylic acid groups (broad SMARTS) is 1. The van der Waals surface area contributed by atoms with E-state index >= 15 is 0 Å². The molecule has 2 aromatic rings. The number of aliphatic carboxylic acids is 1. The lowest BCUT2D eigenvalue weighted by atomic mass is 10.1. The highest BCUT2D eigenvalue weighted by atomic mass is 35.5. The quantitative estimate of drug-likeness (QED) is 0.642. The fourth-order valence-electron chi connectivity index (χ4n) is 3.92. The Morgan fingerprint density at radius 3 is 2.62 bits per heavy atom. The number of fused-ring (bicyclic) bond motifs is 2. The lowest BCUT2D eigenvalue weighted by Crippen LogP contribution is -2.45. The highest BCUT2D eigenvalue weighted by molar-refractivity contribution is 7.99. The minimum Gasteiger partial charge on any atom is -0.481 e. The van der Waals surface area contributed by atoms with Crippen LogP contribution in [0, 0.1) is 0 Å². The van der Waals surface area contributed by atoms with Crippen molar-refractivity contribution in [2.24, 2.45) is 0 Å². The minimum absolute atomic E-state index is 0.267. The van der Waals surface area contributed by atoms with Crippen molar-refractivity contribution < 1.29 is 9.90 Å². The fourth-order valence-corrected chi connectivity index (χ4v) is 5.14. The van der Waals surface area contributed by atoms with Crippen LogP contribution in [0.2, 0.25) is 5.02 Å². The zero-order valence-electron chi connectivity index (χ0n) is 16.3. The van der Waals surface area contributed by atoms with Crippen LogP contribution in [0.4, 0.5) is 0 Å². The summed E-state index contributed by atoms with van der Waals surface area (Å²) in [6, 6.07) is 14.7. The molecule has 29 heavy (non-hydrogen) atoms. The van der Waals surface area contributed by atoms with Crippen molar-refractivity contribution in [2.75, 3.05) is 32.7 Å². The molecule has 1 N–H and O–H groups in total. The molecule has 2 heterocycles. The number of carbonyl (C=O) groups is 1. The van der Waals surface area contributed by atoms with Crippen molar-refractivity contribution in [2.45, 2.75) is 29.1 Å². The Hall–Kier alpha value is -1.95. The summed E-state index contributed by atoms with van der Waals surface area (Å²) in [5, 5.41) is 9.54. The molecule has 0 radical (unpaired) electrons. The van der Waals surface area contributed by atoms with Gasteiger partial charge in [0.1, 0.15) is 0 Å². The normalized spacial score (nSPS) is 16.6. The molecule has 1 fully saturated rings. The highest BCUT2D eigenvalue weighted by Gasteiger charge is 2.23. The smallest absolute Gasteiger partial charge is 0.303 e. The predicted molar refractivity (Wildman–Crippen MR) is 119 cm³/mol. The molecule has 2 aliphatic heterocycles. The second kappa shape index (κ2) is 9.24. The summed E-state index contributed by atoms with van der Waals surface area (Å²) in [5.74, 6) is -0.702. The number of carboxylic acids is 1. The van der Waals surface area contributed by atoms with Crippen LogP contribution < -0.4 is 0 Å². The van der Waals surface area contributed by atoms with Gasteiger partial charge in [0.25, 0.3) is 0 Å². The molecule has 0 spiro atoms. The van der Waals surface area contributed by atoms with Gasteiger partial charge in [-0.15, -0.1) is 0 Å². The Morgan fingerprint density at radius 2 is 1.83 bits per heavy atom. The van der Waals surface area contributed by atoms with E-state index in [4.69, 9.17) is 16.7 Å². The zero-order valence-corrected chi connectivity index (χ0v) is 17.9. The van der Waals surface area contributed by atoms with Crippen LogP contribution in [0.25, 0.3) is 11.8 Å². The van der Waals surface area contributed by atoms with E-state index in [1.165, 1.54) is 26.6 Å². The number of piperazine rings is 1. The maximum Gasteiger partial charge on any atom is 0.303 e. The molecule has 0 bridgehead atoms. The van der Waals surface area contributed by atoms with E-state index in [2.05, 4.69) is 52.3 Å². The first kappa shape index (κ1) is 20.3. The Balaban J connectivity index is 1.49. The Bertz CT molecular complexity index is 923. The first-order valence-corrected chi connectivity index (χ1v) is 11.3. The summed E-state index contributed by atoms with van der Waals surface area (Å²) in [6.45, 7) is 4.93. The topological polar surface area (TPSA) is 43.8 Å². The summed E-state index contributed by atoms with van der Waals surface area (Å²) in [5.41, 5.74) is 3.71. The molecule has 4 nitrogen and oxygen atoms in total. The Kier molecular flexibility index (Phi) is 6.48. The maximum atomic E-state index is 10.7. The third kappa shape index (κ3) is 4.97. The number of nitrogens with zero attached hydrogens (tertiary/aromatic N) is 2. The largest absolute Gasteiger partial charge is 0.481 e. The average Bonchev–Trinajstić information content (AvgIpc) is 2.88. The Labute approximate surface area is 181 Å². The van der Waals surface area contributed by atoms with Crippen molar-refractivity contribution >= 4 is 41.1 Å². The average molecular weight is 429 g/mol. The number of rotatable bonds is 6. The molecule has 1 saturated heterocycles. The van der Waals surface area contributed by atoms with Gasteiger partial charge in [-0.1, -0.05) is 41.6 Å². The van der Waals surface area contributed by atoms with Crippen LogP contribution in [-0.2, 0) is 4.79 Å². The molecule has 0 amide bonds. The van der Waals surface area contributed by atoms with Gasteiger partial charge < -0.3 is 10.0 Å². The van der Waals surface area contributed by atoms with Crippen molar-refractivity contribution in [3.8, 4) is 0 Å². The van der Waals surface area contributed by atoms with Gasteiger partial charge in [0, 0.05) is 58.7 Å². The van der Waals surface area contributed by atoms with Gasteiger partial charge in [-0.05, 0) is 55.3 Å². The maximum absolute atomic E-state index is 10.7. The van der Waals surface area contributed by atoms with Gasteiger partial charge in [0.05, 0.1) is 0 Å². The Morgan fingerprint density at radius 1 is 1.03 bits per heavy atom. The van der Waals surface area contributed by atoms with Crippen LogP contribution >= 0.6 is 23.4 Å². The summed E-state index contributed by atoms with van der Waals surface area (Å²) in [6.07, 6.45) is 4.25. The SMILES string of the molecule is O=C(O)CCCCN1CCN(C2=Cc3cc(Cl)ccc3Sc3ccccc32)CC1.